The van der Waals surface area contributed by atoms with Crippen LogP contribution >= 0.6 is 22.6 Å². The number of allylic oxidation sites excluding steroid dienone is 1. The van der Waals surface area contributed by atoms with Crippen LogP contribution in [0, 0.1) is 14.9 Å². The third-order valence-electron chi connectivity index (χ3n) is 2.73. The Morgan fingerprint density at radius 3 is 2.64 bits per heavy atom. The van der Waals surface area contributed by atoms with Gasteiger partial charge in [-0.05, 0) is 39.9 Å². The van der Waals surface area contributed by atoms with E-state index < -0.39 is 26.0 Å². The van der Waals surface area contributed by atoms with E-state index in [0.717, 1.165) is 6.20 Å². The predicted octanol–water partition coefficient (Wildman–Crippen LogP) is 1.78. The van der Waals surface area contributed by atoms with Gasteiger partial charge in [0.05, 0.1) is 14.2 Å². The lowest BCUT2D eigenvalue weighted by atomic mass is 10.2. The monoisotopic (exact) mass is 486 g/mol. The number of phenols is 1. The summed E-state index contributed by atoms with van der Waals surface area (Å²) in [7, 11) is -5.61. The van der Waals surface area contributed by atoms with Gasteiger partial charge in [0.25, 0.3) is 9.84 Å². The van der Waals surface area contributed by atoms with Crippen LogP contribution < -0.4 is 5.32 Å². The highest BCUT2D eigenvalue weighted by molar-refractivity contribution is 14.1. The summed E-state index contributed by atoms with van der Waals surface area (Å²) >= 11 is 1.47. The SMILES string of the molecule is N#CC(=CNc1cc(S(=O)(=O)C(F)(F)F)cc(I)c1O)c1nn[nH]n1. The van der Waals surface area contributed by atoms with Crippen LogP contribution in [-0.4, -0.2) is 39.7 Å². The zero-order valence-electron chi connectivity index (χ0n) is 11.7. The van der Waals surface area contributed by atoms with E-state index in [2.05, 4.69) is 25.9 Å². The molecule has 0 atom stereocenters. The predicted molar refractivity (Wildman–Crippen MR) is 85.5 cm³/mol. The van der Waals surface area contributed by atoms with Gasteiger partial charge in [-0.15, -0.1) is 10.2 Å². The highest BCUT2D eigenvalue weighted by Crippen LogP contribution is 2.37. The summed E-state index contributed by atoms with van der Waals surface area (Å²) in [5, 5.41) is 33.7. The standard InChI is InChI=1S/C11H6F3IN6O3S/c12-11(13,14)25(23,24)6-1-7(15)9(22)8(2-6)17-4-5(3-16)10-18-20-21-19-10/h1-2,4,17,22H,(H,18,19,20,21). The van der Waals surface area contributed by atoms with E-state index in [1.54, 1.807) is 6.07 Å². The second-order valence-corrected chi connectivity index (χ2v) is 7.40. The molecule has 0 saturated heterocycles. The molecule has 132 valence electrons. The van der Waals surface area contributed by atoms with Crippen molar-refractivity contribution in [2.24, 2.45) is 0 Å². The highest BCUT2D eigenvalue weighted by Gasteiger charge is 2.47. The maximum atomic E-state index is 12.7. The van der Waals surface area contributed by atoms with Crippen LogP contribution in [0.4, 0.5) is 18.9 Å². The van der Waals surface area contributed by atoms with Crippen molar-refractivity contribution in [2.75, 3.05) is 5.32 Å². The fraction of sp³-hybridized carbons (Fsp3) is 0.0909. The summed E-state index contributed by atoms with van der Waals surface area (Å²) < 4.78 is 60.9. The number of aromatic hydroxyl groups is 1. The summed E-state index contributed by atoms with van der Waals surface area (Å²) in [6, 6.07) is 2.99. The number of hydrogen-bond donors (Lipinski definition) is 3. The summed E-state index contributed by atoms with van der Waals surface area (Å²) in [6.07, 6.45) is 0.986. The first-order chi connectivity index (χ1) is 11.6. The van der Waals surface area contributed by atoms with Crippen LogP contribution in [0.1, 0.15) is 5.82 Å². The molecule has 0 aliphatic rings. The van der Waals surface area contributed by atoms with Gasteiger partial charge in [-0.1, -0.05) is 0 Å². The topological polar surface area (TPSA) is 145 Å². The minimum Gasteiger partial charge on any atom is -0.505 e. The number of aromatic nitrogens is 4. The molecule has 0 unspecified atom stereocenters. The Labute approximate surface area is 151 Å². The van der Waals surface area contributed by atoms with E-state index in [0.29, 0.717) is 12.1 Å². The van der Waals surface area contributed by atoms with Gasteiger partial charge in [0, 0.05) is 6.20 Å². The number of rotatable bonds is 4. The Morgan fingerprint density at radius 1 is 1.44 bits per heavy atom. The van der Waals surface area contributed by atoms with Crippen LogP contribution in [0.5, 0.6) is 5.75 Å². The van der Waals surface area contributed by atoms with Gasteiger partial charge in [-0.2, -0.15) is 23.6 Å². The number of nitrogens with zero attached hydrogens (tertiary/aromatic N) is 4. The minimum absolute atomic E-state index is 0.108. The van der Waals surface area contributed by atoms with Crippen molar-refractivity contribution >= 4 is 43.7 Å². The molecule has 0 radical (unpaired) electrons. The van der Waals surface area contributed by atoms with E-state index in [9.17, 15) is 26.7 Å². The number of H-pyrrole nitrogens is 1. The van der Waals surface area contributed by atoms with Crippen molar-refractivity contribution in [1.29, 1.82) is 5.26 Å². The van der Waals surface area contributed by atoms with Crippen molar-refractivity contribution in [3.63, 3.8) is 0 Å². The quantitative estimate of drug-likeness (QED) is 0.337. The number of aromatic amines is 1. The number of benzene rings is 1. The molecular weight excluding hydrogens is 480 g/mol. The lowest BCUT2D eigenvalue weighted by molar-refractivity contribution is -0.0436. The molecule has 25 heavy (non-hydrogen) atoms. The van der Waals surface area contributed by atoms with Crippen LogP contribution in [0.15, 0.2) is 23.2 Å². The zero-order chi connectivity index (χ0) is 18.8. The smallest absolute Gasteiger partial charge is 0.501 e. The molecule has 2 rings (SSSR count). The Kier molecular flexibility index (Phi) is 5.17. The van der Waals surface area contributed by atoms with Crippen molar-refractivity contribution < 1.29 is 26.7 Å². The maximum absolute atomic E-state index is 12.7. The normalized spacial score (nSPS) is 12.7. The molecule has 1 heterocycles. The molecule has 3 N–H and O–H groups in total. The van der Waals surface area contributed by atoms with Gasteiger partial charge in [-0.25, -0.2) is 8.42 Å². The first-order valence-corrected chi connectivity index (χ1v) is 8.58. The second-order valence-electron chi connectivity index (χ2n) is 4.30. The Morgan fingerprint density at radius 2 is 2.12 bits per heavy atom. The van der Waals surface area contributed by atoms with Crippen LogP contribution in [0.25, 0.3) is 5.57 Å². The Balaban J connectivity index is 2.48. The summed E-state index contributed by atoms with van der Waals surface area (Å²) in [4.78, 5) is -1.06. The molecule has 9 nitrogen and oxygen atoms in total. The van der Waals surface area contributed by atoms with Crippen LogP contribution in [0.3, 0.4) is 0 Å². The molecule has 1 aromatic carbocycles. The average Bonchev–Trinajstić information content (AvgIpc) is 3.04. The van der Waals surface area contributed by atoms with Crippen molar-refractivity contribution in [1.82, 2.24) is 20.6 Å². The third-order valence-corrected chi connectivity index (χ3v) is 5.02. The van der Waals surface area contributed by atoms with Gasteiger partial charge in [-0.3, -0.25) is 0 Å². The van der Waals surface area contributed by atoms with Gasteiger partial charge in [0.15, 0.2) is 5.75 Å². The van der Waals surface area contributed by atoms with Crippen LogP contribution in [-0.2, 0) is 9.84 Å². The van der Waals surface area contributed by atoms with Gasteiger partial charge >= 0.3 is 5.51 Å². The van der Waals surface area contributed by atoms with Gasteiger partial charge in [0.2, 0.25) is 5.82 Å². The number of tetrazole rings is 1. The van der Waals surface area contributed by atoms with Gasteiger partial charge in [0.1, 0.15) is 11.6 Å². The molecule has 0 aliphatic carbocycles. The first kappa shape index (κ1) is 18.9. The number of hydrogen-bond acceptors (Lipinski definition) is 8. The summed E-state index contributed by atoms with van der Waals surface area (Å²) in [5.74, 6) is -0.605. The molecule has 0 bridgehead atoms. The molecule has 0 saturated carbocycles. The Hall–Kier alpha value is -2.41. The number of nitriles is 1. The third kappa shape index (κ3) is 3.82. The van der Waals surface area contributed by atoms with E-state index in [4.69, 9.17) is 5.26 Å². The number of nitrogens with one attached hydrogen (secondary N) is 2. The molecule has 1 aromatic heterocycles. The zero-order valence-corrected chi connectivity index (χ0v) is 14.7. The first-order valence-electron chi connectivity index (χ1n) is 6.02. The molecule has 14 heteroatoms. The average molecular weight is 486 g/mol. The molecule has 0 spiro atoms. The molecule has 0 amide bonds. The van der Waals surface area contributed by atoms with Crippen molar-refractivity contribution in [3.05, 3.63) is 27.7 Å². The number of alkyl halides is 3. The molecule has 2 aromatic rings. The Bertz CT molecular complexity index is 966. The number of halogens is 4. The van der Waals surface area contributed by atoms with E-state index in [-0.39, 0.29) is 20.7 Å². The second kappa shape index (κ2) is 6.84. The molecule has 0 aliphatic heterocycles. The summed E-state index contributed by atoms with van der Waals surface area (Å²) in [5.41, 5.74) is -6.01. The summed E-state index contributed by atoms with van der Waals surface area (Å²) in [6.45, 7) is 0. The van der Waals surface area contributed by atoms with E-state index >= 15 is 0 Å². The van der Waals surface area contributed by atoms with Crippen molar-refractivity contribution in [3.8, 4) is 11.8 Å². The minimum atomic E-state index is -5.61. The molecule has 0 fully saturated rings. The highest BCUT2D eigenvalue weighted by atomic mass is 127. The maximum Gasteiger partial charge on any atom is 0.501 e. The van der Waals surface area contributed by atoms with Gasteiger partial charge < -0.3 is 10.4 Å². The molecular formula is C11H6F3IN6O3S. The van der Waals surface area contributed by atoms with E-state index in [1.165, 1.54) is 22.6 Å². The van der Waals surface area contributed by atoms with Crippen molar-refractivity contribution in [2.45, 2.75) is 10.4 Å². The number of sulfone groups is 1. The lowest BCUT2D eigenvalue weighted by Gasteiger charge is -2.12. The van der Waals surface area contributed by atoms with Crippen LogP contribution in [0.2, 0.25) is 0 Å². The lowest BCUT2D eigenvalue weighted by Crippen LogP contribution is -2.23. The largest absolute Gasteiger partial charge is 0.505 e. The number of phenolic OH excluding ortho intramolecular Hbond substituents is 1. The number of anilines is 1. The fourth-order valence-corrected chi connectivity index (χ4v) is 3.20. The van der Waals surface area contributed by atoms with E-state index in [1.807, 2.05) is 0 Å². The fourth-order valence-electron chi connectivity index (χ4n) is 1.55.